The van der Waals surface area contributed by atoms with E-state index in [0.717, 1.165) is 35.7 Å². The Kier molecular flexibility index (Phi) is 17.3. The first-order valence-corrected chi connectivity index (χ1v) is 24.7. The number of ether oxygens (including phenoxy) is 5. The van der Waals surface area contributed by atoms with Crippen molar-refractivity contribution >= 4 is 70.0 Å². The van der Waals surface area contributed by atoms with Crippen LogP contribution in [0.1, 0.15) is 69.6 Å². The molecule has 1 atom stereocenters. The lowest BCUT2D eigenvalue weighted by Gasteiger charge is -2.35. The molecule has 1 aromatic heterocycles. The van der Waals surface area contributed by atoms with Crippen LogP contribution in [0, 0.1) is 0 Å². The van der Waals surface area contributed by atoms with E-state index in [-0.39, 0.29) is 66.5 Å². The van der Waals surface area contributed by atoms with E-state index >= 15 is 8.78 Å². The zero-order chi connectivity index (χ0) is 51.6. The number of anilines is 6. The molecule has 73 heavy (non-hydrogen) atoms. The number of carbonyl (C=O) groups excluding carboxylic acids is 6. The maximum Gasteiger partial charge on any atom is 0.342 e. The second kappa shape index (κ2) is 24.0. The maximum atomic E-state index is 15.2. The number of fused-ring (bicyclic) bond motifs is 2. The molecule has 3 fully saturated rings. The van der Waals surface area contributed by atoms with Crippen LogP contribution in [0.2, 0.25) is 0 Å². The minimum absolute atomic E-state index is 0.0424. The van der Waals surface area contributed by atoms with E-state index in [1.165, 1.54) is 26.4 Å². The molecule has 24 heteroatoms. The van der Waals surface area contributed by atoms with Gasteiger partial charge in [0.05, 0.1) is 101 Å². The van der Waals surface area contributed by atoms with Crippen LogP contribution in [0.4, 0.5) is 43.3 Å². The third-order valence-corrected chi connectivity index (χ3v) is 13.5. The Morgan fingerprint density at radius 2 is 1.49 bits per heavy atom. The number of nitrogens with one attached hydrogen (secondary N) is 4. The number of benzene rings is 2. The van der Waals surface area contributed by atoms with E-state index in [0.29, 0.717) is 107 Å². The lowest BCUT2D eigenvalue weighted by atomic mass is 10.0. The minimum atomic E-state index is -3.61. The predicted octanol–water partition coefficient (Wildman–Crippen LogP) is 2.65. The molecule has 3 aromatic rings. The molecular formula is C49H63F2N11O11. The number of aromatic nitrogens is 2. The number of hydrogen-bond acceptors (Lipinski definition) is 18. The molecule has 0 radical (unpaired) electrons. The second-order valence-corrected chi connectivity index (χ2v) is 18.3. The normalized spacial score (nSPS) is 19.2. The number of alkyl halides is 2. The van der Waals surface area contributed by atoms with Gasteiger partial charge < -0.3 is 59.2 Å². The van der Waals surface area contributed by atoms with Gasteiger partial charge >= 0.3 is 5.92 Å². The van der Waals surface area contributed by atoms with Gasteiger partial charge in [-0.2, -0.15) is 13.8 Å². The molecule has 6 amide bonds. The molecule has 2 aromatic carbocycles. The number of nitrogens with zero attached hydrogens (tertiary/aromatic N) is 7. The Morgan fingerprint density at radius 1 is 0.822 bits per heavy atom. The molecule has 22 nitrogen and oxygen atoms in total. The summed E-state index contributed by atoms with van der Waals surface area (Å²) in [5.41, 5.74) is 2.54. The number of hydrogen-bond donors (Lipinski definition) is 4. The summed E-state index contributed by atoms with van der Waals surface area (Å²) in [5.74, 6) is -6.80. The van der Waals surface area contributed by atoms with Crippen molar-refractivity contribution in [2.24, 2.45) is 0 Å². The highest BCUT2D eigenvalue weighted by molar-refractivity contribution is 6.25. The zero-order valence-electron chi connectivity index (χ0n) is 41.3. The van der Waals surface area contributed by atoms with E-state index in [9.17, 15) is 28.8 Å². The Balaban J connectivity index is 0.746. The first-order chi connectivity index (χ1) is 35.2. The van der Waals surface area contributed by atoms with Crippen molar-refractivity contribution in [3.05, 3.63) is 53.2 Å². The van der Waals surface area contributed by atoms with Crippen molar-refractivity contribution in [1.82, 2.24) is 30.4 Å². The SMILES string of the molecule is COc1cc(C(=O)NCCOCCOCCOCCOCCNc2cccc3c2C(=O)N(C2CCC(=O)NC2=O)C3=O)c(N2CCN(C)CC2)cc1Nc1ncc2c(n1)N(C1CCCC1)CC(F)(F)C(=O)N2C. The van der Waals surface area contributed by atoms with Gasteiger partial charge in [0.1, 0.15) is 17.5 Å². The Bertz CT molecular complexity index is 2520. The number of piperidine rings is 1. The van der Waals surface area contributed by atoms with Gasteiger partial charge in [-0.1, -0.05) is 18.9 Å². The topological polar surface area (TPSA) is 239 Å². The molecule has 2 saturated heterocycles. The fourth-order valence-electron chi connectivity index (χ4n) is 9.56. The highest BCUT2D eigenvalue weighted by Gasteiger charge is 2.49. The van der Waals surface area contributed by atoms with Crippen LogP contribution in [0.5, 0.6) is 5.75 Å². The van der Waals surface area contributed by atoms with Gasteiger partial charge in [0.15, 0.2) is 5.82 Å². The Hall–Kier alpha value is -6.60. The number of likely N-dealkylation sites (N-methyl/N-ethyl adjacent to an activating group) is 1. The number of piperazine rings is 1. The van der Waals surface area contributed by atoms with Crippen molar-refractivity contribution in [3.63, 3.8) is 0 Å². The summed E-state index contributed by atoms with van der Waals surface area (Å²) in [5, 5.41) is 11.5. The highest BCUT2D eigenvalue weighted by atomic mass is 19.3. The van der Waals surface area contributed by atoms with Gasteiger partial charge in [0, 0.05) is 64.5 Å². The standard InChI is InChI=1S/C49H63F2N11O11/c1-58-15-17-60(18-16-58)37-28-35(55-48-54-29-38-42(57-48)61(31-7-4-5-8-31)30-49(50,51)47(68)59(38)2)39(69-3)27-33(37)43(64)53-14-20-71-22-24-73-26-25-72-23-21-70-19-13-52-34-10-6-9-32-41(34)46(67)62(45(32)66)36-11-12-40(63)56-44(36)65/h6,9-10,27-29,31,36,52H,4-5,7-8,11-26,30H2,1-3H3,(H,53,64)(H,54,55,57)(H,56,63,65). The molecule has 1 unspecified atom stereocenters. The number of halogens is 2. The Morgan fingerprint density at radius 3 is 2.16 bits per heavy atom. The molecule has 0 spiro atoms. The number of methoxy groups -OCH3 is 1. The van der Waals surface area contributed by atoms with E-state index in [4.69, 9.17) is 28.7 Å². The first kappa shape index (κ1) is 52.7. The average Bonchev–Trinajstić information content (AvgIpc) is 4.00. The fraction of sp³-hybridized carbons (Fsp3) is 0.551. The highest BCUT2D eigenvalue weighted by Crippen LogP contribution is 2.41. The largest absolute Gasteiger partial charge is 0.495 e. The van der Waals surface area contributed by atoms with E-state index in [1.807, 2.05) is 13.1 Å². The quantitative estimate of drug-likeness (QED) is 0.0789. The van der Waals surface area contributed by atoms with Crippen molar-refractivity contribution < 1.29 is 61.2 Å². The molecule has 1 saturated carbocycles. The van der Waals surface area contributed by atoms with Gasteiger partial charge in [-0.05, 0) is 50.6 Å². The number of imide groups is 2. The van der Waals surface area contributed by atoms with Crippen LogP contribution in [0.15, 0.2) is 36.5 Å². The van der Waals surface area contributed by atoms with Gasteiger partial charge in [-0.15, -0.1) is 0 Å². The molecular weight excluding hydrogens is 957 g/mol. The van der Waals surface area contributed by atoms with Crippen LogP contribution in [-0.2, 0) is 33.3 Å². The monoisotopic (exact) mass is 1020 g/mol. The number of carbonyl (C=O) groups is 6. The molecule has 4 aliphatic heterocycles. The molecule has 5 aliphatic rings. The summed E-state index contributed by atoms with van der Waals surface area (Å²) in [7, 11) is 4.83. The molecule has 8 rings (SSSR count). The van der Waals surface area contributed by atoms with Crippen LogP contribution in [-0.4, -0.2) is 193 Å². The van der Waals surface area contributed by atoms with E-state index in [2.05, 4.69) is 36.1 Å². The first-order valence-electron chi connectivity index (χ1n) is 24.7. The average molecular weight is 1020 g/mol. The molecule has 1 aliphatic carbocycles. The van der Waals surface area contributed by atoms with E-state index in [1.54, 1.807) is 23.1 Å². The van der Waals surface area contributed by atoms with Crippen LogP contribution in [0.25, 0.3) is 0 Å². The summed E-state index contributed by atoms with van der Waals surface area (Å²) in [4.78, 5) is 93.8. The van der Waals surface area contributed by atoms with Crippen molar-refractivity contribution in [3.8, 4) is 5.75 Å². The lowest BCUT2D eigenvalue weighted by molar-refractivity contribution is -0.140. The number of amides is 6. The van der Waals surface area contributed by atoms with Crippen molar-refractivity contribution in [2.75, 3.05) is 145 Å². The fourth-order valence-corrected chi connectivity index (χ4v) is 9.56. The van der Waals surface area contributed by atoms with Crippen LogP contribution < -0.4 is 40.7 Å². The van der Waals surface area contributed by atoms with Gasteiger partial charge in [-0.3, -0.25) is 39.0 Å². The van der Waals surface area contributed by atoms with Gasteiger partial charge in [0.25, 0.3) is 23.6 Å². The summed E-state index contributed by atoms with van der Waals surface area (Å²) < 4.78 is 58.8. The Labute approximate surface area is 421 Å². The van der Waals surface area contributed by atoms with Crippen molar-refractivity contribution in [1.29, 1.82) is 0 Å². The number of rotatable bonds is 23. The smallest absolute Gasteiger partial charge is 0.342 e. The van der Waals surface area contributed by atoms with E-state index < -0.39 is 48.0 Å². The lowest BCUT2D eigenvalue weighted by Crippen LogP contribution is -2.54. The predicted molar refractivity (Wildman–Crippen MR) is 263 cm³/mol. The summed E-state index contributed by atoms with van der Waals surface area (Å²) in [6.07, 6.45) is 4.72. The third kappa shape index (κ3) is 12.3. The van der Waals surface area contributed by atoms with Crippen LogP contribution in [0.3, 0.4) is 0 Å². The third-order valence-electron chi connectivity index (χ3n) is 13.5. The molecule has 4 N–H and O–H groups in total. The van der Waals surface area contributed by atoms with Crippen LogP contribution >= 0.6 is 0 Å². The molecule has 394 valence electrons. The molecule has 0 bridgehead atoms. The summed E-state index contributed by atoms with van der Waals surface area (Å²) in [6.45, 7) is 5.12. The van der Waals surface area contributed by atoms with Gasteiger partial charge in [-0.25, -0.2) is 4.98 Å². The molecule has 5 heterocycles. The van der Waals surface area contributed by atoms with Crippen molar-refractivity contribution in [2.45, 2.75) is 56.5 Å². The summed E-state index contributed by atoms with van der Waals surface area (Å²) >= 11 is 0. The second-order valence-electron chi connectivity index (χ2n) is 18.3. The summed E-state index contributed by atoms with van der Waals surface area (Å²) in [6, 6.07) is 7.09. The zero-order valence-corrected chi connectivity index (χ0v) is 41.3. The minimum Gasteiger partial charge on any atom is -0.495 e. The maximum absolute atomic E-state index is 15.2. The van der Waals surface area contributed by atoms with Gasteiger partial charge in [0.2, 0.25) is 17.8 Å².